The Morgan fingerprint density at radius 1 is 0.692 bits per heavy atom. The standard InChI is InChI=1S/C23H17N3/c1-26-21-10-9-18(14-20(21)23-22(26)8-4-12-25-23)16-5-2-6-17(13-16)19-7-3-11-24-15-19/h2-15H,1H3. The van der Waals surface area contributed by atoms with Crippen LogP contribution in [-0.4, -0.2) is 14.5 Å². The maximum absolute atomic E-state index is 4.60. The maximum Gasteiger partial charge on any atom is 0.0959 e. The Kier molecular flexibility index (Phi) is 3.32. The summed E-state index contributed by atoms with van der Waals surface area (Å²) in [6, 6.07) is 23.4. The number of hydrogen-bond acceptors (Lipinski definition) is 2. The fraction of sp³-hybridized carbons (Fsp3) is 0.0435. The largest absolute Gasteiger partial charge is 0.342 e. The summed E-state index contributed by atoms with van der Waals surface area (Å²) in [7, 11) is 2.09. The van der Waals surface area contributed by atoms with E-state index in [-0.39, 0.29) is 0 Å². The van der Waals surface area contributed by atoms with E-state index in [4.69, 9.17) is 0 Å². The zero-order valence-electron chi connectivity index (χ0n) is 14.4. The molecular formula is C23H17N3. The molecule has 5 rings (SSSR count). The Morgan fingerprint density at radius 2 is 1.46 bits per heavy atom. The highest BCUT2D eigenvalue weighted by Gasteiger charge is 2.10. The number of aromatic nitrogens is 3. The van der Waals surface area contributed by atoms with Gasteiger partial charge in [-0.1, -0.05) is 30.3 Å². The van der Waals surface area contributed by atoms with E-state index in [0.717, 1.165) is 16.6 Å². The van der Waals surface area contributed by atoms with Gasteiger partial charge in [0, 0.05) is 36.6 Å². The van der Waals surface area contributed by atoms with E-state index >= 15 is 0 Å². The summed E-state index contributed by atoms with van der Waals surface area (Å²) >= 11 is 0. The smallest absolute Gasteiger partial charge is 0.0959 e. The van der Waals surface area contributed by atoms with Crippen LogP contribution in [0, 0.1) is 0 Å². The van der Waals surface area contributed by atoms with E-state index in [1.807, 2.05) is 24.5 Å². The van der Waals surface area contributed by atoms with Gasteiger partial charge >= 0.3 is 0 Å². The molecule has 0 amide bonds. The number of fused-ring (bicyclic) bond motifs is 3. The van der Waals surface area contributed by atoms with Gasteiger partial charge in [-0.25, -0.2) is 0 Å². The van der Waals surface area contributed by atoms with Crippen LogP contribution in [0.5, 0.6) is 0 Å². The molecule has 0 aliphatic rings. The second kappa shape index (κ2) is 5.81. The summed E-state index contributed by atoms with van der Waals surface area (Å²) in [6.07, 6.45) is 5.56. The first-order chi connectivity index (χ1) is 12.8. The number of nitrogens with zero attached hydrogens (tertiary/aromatic N) is 3. The summed E-state index contributed by atoms with van der Waals surface area (Å²) in [5.41, 5.74) is 8.10. The van der Waals surface area contributed by atoms with Gasteiger partial charge in [0.05, 0.1) is 16.6 Å². The van der Waals surface area contributed by atoms with Crippen LogP contribution in [0.25, 0.3) is 44.2 Å². The second-order valence-corrected chi connectivity index (χ2v) is 6.48. The van der Waals surface area contributed by atoms with E-state index < -0.39 is 0 Å². The molecule has 0 atom stereocenters. The van der Waals surface area contributed by atoms with Gasteiger partial charge in [0.2, 0.25) is 0 Å². The molecule has 3 heteroatoms. The monoisotopic (exact) mass is 335 g/mol. The van der Waals surface area contributed by atoms with Gasteiger partial charge in [-0.15, -0.1) is 0 Å². The number of pyridine rings is 2. The lowest BCUT2D eigenvalue weighted by atomic mass is 9.99. The van der Waals surface area contributed by atoms with Crippen molar-refractivity contribution < 1.29 is 0 Å². The number of aryl methyl sites for hydroxylation is 1. The van der Waals surface area contributed by atoms with Gasteiger partial charge in [0.15, 0.2) is 0 Å². The minimum Gasteiger partial charge on any atom is -0.342 e. The quantitative estimate of drug-likeness (QED) is 0.429. The molecule has 0 aliphatic heterocycles. The Hall–Kier alpha value is -3.46. The van der Waals surface area contributed by atoms with Crippen molar-refractivity contribution in [1.82, 2.24) is 14.5 Å². The maximum atomic E-state index is 4.60. The minimum absolute atomic E-state index is 1.05. The van der Waals surface area contributed by atoms with E-state index in [0.29, 0.717) is 0 Å². The molecule has 0 bridgehead atoms. The van der Waals surface area contributed by atoms with E-state index in [1.54, 1.807) is 6.20 Å². The number of hydrogen-bond donors (Lipinski definition) is 0. The van der Waals surface area contributed by atoms with Crippen LogP contribution in [0.2, 0.25) is 0 Å². The Morgan fingerprint density at radius 3 is 2.31 bits per heavy atom. The van der Waals surface area contributed by atoms with Gasteiger partial charge in [0.1, 0.15) is 0 Å². The predicted octanol–water partition coefficient (Wildman–Crippen LogP) is 5.46. The zero-order valence-corrected chi connectivity index (χ0v) is 14.4. The highest BCUT2D eigenvalue weighted by atomic mass is 15.0. The normalized spacial score (nSPS) is 11.3. The van der Waals surface area contributed by atoms with Gasteiger partial charge in [-0.3, -0.25) is 9.97 Å². The third-order valence-corrected chi connectivity index (χ3v) is 4.95. The highest BCUT2D eigenvalue weighted by molar-refractivity contribution is 6.07. The van der Waals surface area contributed by atoms with Gasteiger partial charge in [-0.2, -0.15) is 0 Å². The molecule has 0 aliphatic carbocycles. The van der Waals surface area contributed by atoms with Crippen molar-refractivity contribution in [1.29, 1.82) is 0 Å². The molecule has 0 unspecified atom stereocenters. The van der Waals surface area contributed by atoms with E-state index in [9.17, 15) is 0 Å². The molecule has 26 heavy (non-hydrogen) atoms. The van der Waals surface area contributed by atoms with Crippen LogP contribution < -0.4 is 0 Å². The molecule has 3 nitrogen and oxygen atoms in total. The van der Waals surface area contributed by atoms with Crippen LogP contribution in [0.1, 0.15) is 0 Å². The lowest BCUT2D eigenvalue weighted by Crippen LogP contribution is -1.86. The molecule has 0 N–H and O–H groups in total. The third kappa shape index (κ3) is 2.29. The van der Waals surface area contributed by atoms with Crippen LogP contribution in [0.15, 0.2) is 85.3 Å². The Bertz CT molecular complexity index is 1240. The predicted molar refractivity (Wildman–Crippen MR) is 107 cm³/mol. The Labute approximate surface area is 151 Å². The van der Waals surface area contributed by atoms with Crippen LogP contribution in [0.3, 0.4) is 0 Å². The molecule has 0 spiro atoms. The summed E-state index contributed by atoms with van der Waals surface area (Å²) in [5, 5.41) is 1.19. The lowest BCUT2D eigenvalue weighted by Gasteiger charge is -2.06. The van der Waals surface area contributed by atoms with Gasteiger partial charge < -0.3 is 4.57 Å². The zero-order chi connectivity index (χ0) is 17.5. The van der Waals surface area contributed by atoms with Crippen molar-refractivity contribution in [3.8, 4) is 22.3 Å². The molecule has 0 saturated heterocycles. The molecular weight excluding hydrogens is 318 g/mol. The van der Waals surface area contributed by atoms with Crippen molar-refractivity contribution in [3.05, 3.63) is 85.3 Å². The minimum atomic E-state index is 1.05. The average Bonchev–Trinajstić information content (AvgIpc) is 3.01. The fourth-order valence-corrected chi connectivity index (χ4v) is 3.61. The molecule has 0 radical (unpaired) electrons. The first-order valence-corrected chi connectivity index (χ1v) is 8.65. The molecule has 2 aromatic carbocycles. The van der Waals surface area contributed by atoms with Crippen LogP contribution in [-0.2, 0) is 7.05 Å². The summed E-state index contributed by atoms with van der Waals surface area (Å²) in [6.45, 7) is 0. The molecule has 5 aromatic rings. The molecule has 0 saturated carbocycles. The van der Waals surface area contributed by atoms with Crippen molar-refractivity contribution >= 4 is 21.9 Å². The lowest BCUT2D eigenvalue weighted by molar-refractivity contribution is 1.01. The summed E-state index contributed by atoms with van der Waals surface area (Å²) in [4.78, 5) is 8.83. The molecule has 124 valence electrons. The first kappa shape index (κ1) is 14.8. The van der Waals surface area contributed by atoms with E-state index in [1.165, 1.54) is 27.6 Å². The van der Waals surface area contributed by atoms with Crippen molar-refractivity contribution in [3.63, 3.8) is 0 Å². The van der Waals surface area contributed by atoms with Gasteiger partial charge in [-0.05, 0) is 53.1 Å². The van der Waals surface area contributed by atoms with Crippen LogP contribution >= 0.6 is 0 Å². The van der Waals surface area contributed by atoms with Crippen molar-refractivity contribution in [2.45, 2.75) is 0 Å². The number of benzene rings is 2. The third-order valence-electron chi connectivity index (χ3n) is 4.95. The average molecular weight is 335 g/mol. The van der Waals surface area contributed by atoms with Gasteiger partial charge in [0.25, 0.3) is 0 Å². The SMILES string of the molecule is Cn1c2ccc(-c3cccc(-c4cccnc4)c3)cc2c2ncccc21. The second-order valence-electron chi connectivity index (χ2n) is 6.48. The molecule has 0 fully saturated rings. The van der Waals surface area contributed by atoms with Crippen molar-refractivity contribution in [2.24, 2.45) is 7.05 Å². The van der Waals surface area contributed by atoms with Crippen LogP contribution in [0.4, 0.5) is 0 Å². The molecule has 3 aromatic heterocycles. The first-order valence-electron chi connectivity index (χ1n) is 8.65. The fourth-order valence-electron chi connectivity index (χ4n) is 3.61. The Balaban J connectivity index is 1.69. The molecule has 3 heterocycles. The highest BCUT2D eigenvalue weighted by Crippen LogP contribution is 2.32. The summed E-state index contributed by atoms with van der Waals surface area (Å²) in [5.74, 6) is 0. The van der Waals surface area contributed by atoms with Crippen molar-refractivity contribution in [2.75, 3.05) is 0 Å². The summed E-state index contributed by atoms with van der Waals surface area (Å²) < 4.78 is 2.20. The van der Waals surface area contributed by atoms with E-state index in [2.05, 4.69) is 76.2 Å². The number of rotatable bonds is 2. The topological polar surface area (TPSA) is 30.7 Å².